The van der Waals surface area contributed by atoms with Crippen LogP contribution in [0, 0.1) is 13.8 Å². The van der Waals surface area contributed by atoms with Gasteiger partial charge >= 0.3 is 0 Å². The minimum Gasteiger partial charge on any atom is -0.274 e. The molecule has 0 bridgehead atoms. The van der Waals surface area contributed by atoms with Crippen molar-refractivity contribution in [3.63, 3.8) is 0 Å². The topological polar surface area (TPSA) is 43.6 Å². The van der Waals surface area contributed by atoms with Gasteiger partial charge in [0.1, 0.15) is 5.82 Å². The lowest BCUT2D eigenvalue weighted by atomic mass is 10.0. The van der Waals surface area contributed by atoms with Crippen LogP contribution in [-0.2, 0) is 5.75 Å². The average Bonchev–Trinajstić information content (AvgIpc) is 3.12. The summed E-state index contributed by atoms with van der Waals surface area (Å²) in [7, 11) is 0. The Balaban J connectivity index is 1.55. The number of pyridine rings is 1. The molecule has 0 radical (unpaired) electrons. The van der Waals surface area contributed by atoms with Crippen LogP contribution in [0.5, 0.6) is 0 Å². The predicted octanol–water partition coefficient (Wildman–Crippen LogP) is 5.88. The number of aromatic nitrogens is 4. The van der Waals surface area contributed by atoms with Crippen LogP contribution in [0.25, 0.3) is 27.4 Å². The van der Waals surface area contributed by atoms with E-state index in [1.165, 1.54) is 21.7 Å². The Hall–Kier alpha value is -3.18. The van der Waals surface area contributed by atoms with Gasteiger partial charge in [-0.15, -0.1) is 10.2 Å². The van der Waals surface area contributed by atoms with Crippen LogP contribution < -0.4 is 0 Å². The number of nitrogens with zero attached hydrogens (tertiary/aromatic N) is 4. The van der Waals surface area contributed by atoms with Crippen LogP contribution in [0.1, 0.15) is 17.1 Å². The summed E-state index contributed by atoms with van der Waals surface area (Å²) in [6.07, 6.45) is 0. The summed E-state index contributed by atoms with van der Waals surface area (Å²) in [5, 5.41) is 13.3. The van der Waals surface area contributed by atoms with Gasteiger partial charge in [-0.2, -0.15) is 0 Å². The Morgan fingerprint density at radius 3 is 2.38 bits per heavy atom. The number of thioether (sulfide) groups is 1. The van der Waals surface area contributed by atoms with Crippen molar-refractivity contribution in [1.82, 2.24) is 19.7 Å². The Bertz CT molecular complexity index is 1340. The first kappa shape index (κ1) is 17.9. The second-order valence-corrected chi connectivity index (χ2v) is 8.06. The second-order valence-electron chi connectivity index (χ2n) is 7.11. The van der Waals surface area contributed by atoms with Crippen molar-refractivity contribution >= 4 is 33.4 Å². The maximum Gasteiger partial charge on any atom is 0.196 e. The van der Waals surface area contributed by atoms with Crippen molar-refractivity contribution in [1.29, 1.82) is 0 Å². The molecule has 0 spiro atoms. The quantitative estimate of drug-likeness (QED) is 0.281. The zero-order valence-electron chi connectivity index (χ0n) is 16.3. The molecular formula is C24H20N4S. The van der Waals surface area contributed by atoms with Crippen LogP contribution >= 0.6 is 11.8 Å². The van der Waals surface area contributed by atoms with Crippen LogP contribution in [0.3, 0.4) is 0 Å². The molecule has 0 aliphatic heterocycles. The number of rotatable bonds is 4. The third kappa shape index (κ3) is 3.28. The van der Waals surface area contributed by atoms with Crippen molar-refractivity contribution in [3.8, 4) is 5.69 Å². The monoisotopic (exact) mass is 396 g/mol. The van der Waals surface area contributed by atoms with Gasteiger partial charge in [0.25, 0.3) is 0 Å². The third-order valence-corrected chi connectivity index (χ3v) is 6.02. The summed E-state index contributed by atoms with van der Waals surface area (Å²) in [6, 6.07) is 25.2. The number of hydrogen-bond donors (Lipinski definition) is 0. The molecule has 0 N–H and O–H groups in total. The summed E-state index contributed by atoms with van der Waals surface area (Å²) in [5.41, 5.74) is 4.40. The van der Waals surface area contributed by atoms with Crippen molar-refractivity contribution < 1.29 is 0 Å². The van der Waals surface area contributed by atoms with Gasteiger partial charge in [0.15, 0.2) is 5.16 Å². The van der Waals surface area contributed by atoms with Gasteiger partial charge in [-0.25, -0.2) is 0 Å². The molecule has 3 aromatic carbocycles. The number of fused-ring (bicyclic) bond motifs is 3. The molecule has 0 atom stereocenters. The summed E-state index contributed by atoms with van der Waals surface area (Å²) in [5.74, 6) is 1.62. The fourth-order valence-electron chi connectivity index (χ4n) is 3.72. The van der Waals surface area contributed by atoms with Gasteiger partial charge in [-0.05, 0) is 43.0 Å². The molecule has 0 saturated carbocycles. The zero-order chi connectivity index (χ0) is 19.8. The molecule has 0 aliphatic rings. The first-order valence-electron chi connectivity index (χ1n) is 9.59. The molecule has 5 heteroatoms. The number of hydrogen-bond acceptors (Lipinski definition) is 4. The molecule has 29 heavy (non-hydrogen) atoms. The molecule has 2 aromatic heterocycles. The second kappa shape index (κ2) is 7.33. The van der Waals surface area contributed by atoms with Crippen LogP contribution in [0.2, 0.25) is 0 Å². The Morgan fingerprint density at radius 1 is 0.793 bits per heavy atom. The van der Waals surface area contributed by atoms with E-state index >= 15 is 0 Å². The lowest BCUT2D eigenvalue weighted by Crippen LogP contribution is -2.00. The van der Waals surface area contributed by atoms with Crippen molar-refractivity contribution in [2.24, 2.45) is 0 Å². The van der Waals surface area contributed by atoms with Gasteiger partial charge in [0.05, 0.1) is 11.2 Å². The Labute approximate surface area is 173 Å². The molecule has 2 heterocycles. The van der Waals surface area contributed by atoms with Crippen LogP contribution in [-0.4, -0.2) is 19.7 Å². The maximum atomic E-state index is 4.96. The van der Waals surface area contributed by atoms with E-state index < -0.39 is 0 Å². The molecular weight excluding hydrogens is 376 g/mol. The number of aryl methyl sites for hydroxylation is 2. The molecule has 142 valence electrons. The predicted molar refractivity (Wildman–Crippen MR) is 120 cm³/mol. The minimum absolute atomic E-state index is 0.731. The highest BCUT2D eigenvalue weighted by Gasteiger charge is 2.14. The van der Waals surface area contributed by atoms with E-state index in [4.69, 9.17) is 4.98 Å². The fourth-order valence-corrected chi connectivity index (χ4v) is 4.67. The summed E-state index contributed by atoms with van der Waals surface area (Å²) >= 11 is 1.67. The van der Waals surface area contributed by atoms with E-state index in [2.05, 4.69) is 88.4 Å². The summed E-state index contributed by atoms with van der Waals surface area (Å²) < 4.78 is 2.11. The van der Waals surface area contributed by atoms with E-state index in [-0.39, 0.29) is 0 Å². The van der Waals surface area contributed by atoms with Gasteiger partial charge in [-0.3, -0.25) is 9.55 Å². The fraction of sp³-hybridized carbons (Fsp3) is 0.125. The first-order valence-corrected chi connectivity index (χ1v) is 10.6. The smallest absolute Gasteiger partial charge is 0.196 e. The van der Waals surface area contributed by atoms with Gasteiger partial charge in [-0.1, -0.05) is 66.4 Å². The van der Waals surface area contributed by atoms with Crippen LogP contribution in [0.4, 0.5) is 0 Å². The highest BCUT2D eigenvalue weighted by Crippen LogP contribution is 2.31. The van der Waals surface area contributed by atoms with Gasteiger partial charge in [0.2, 0.25) is 0 Å². The minimum atomic E-state index is 0.731. The van der Waals surface area contributed by atoms with E-state index in [1.807, 2.05) is 13.0 Å². The number of benzene rings is 3. The zero-order valence-corrected chi connectivity index (χ0v) is 17.1. The van der Waals surface area contributed by atoms with Crippen molar-refractivity contribution in [2.45, 2.75) is 24.8 Å². The van der Waals surface area contributed by atoms with Gasteiger partial charge < -0.3 is 0 Å². The molecule has 5 rings (SSSR count). The van der Waals surface area contributed by atoms with E-state index in [1.54, 1.807) is 11.8 Å². The largest absolute Gasteiger partial charge is 0.274 e. The lowest BCUT2D eigenvalue weighted by Gasteiger charge is -2.11. The van der Waals surface area contributed by atoms with E-state index in [0.717, 1.165) is 33.6 Å². The highest BCUT2D eigenvalue weighted by atomic mass is 32.2. The maximum absolute atomic E-state index is 4.96. The third-order valence-electron chi connectivity index (χ3n) is 5.08. The molecule has 5 aromatic rings. The summed E-state index contributed by atoms with van der Waals surface area (Å²) in [4.78, 5) is 4.96. The SMILES string of the molecule is Cc1cccc(-n2c(C)nnc2SCc2nc3ccccc3c3ccccc23)c1. The molecule has 4 nitrogen and oxygen atoms in total. The average molecular weight is 397 g/mol. The normalized spacial score (nSPS) is 11.4. The van der Waals surface area contributed by atoms with Crippen molar-refractivity contribution in [3.05, 3.63) is 89.9 Å². The molecule has 0 aliphatic carbocycles. The number of para-hydroxylation sites is 1. The van der Waals surface area contributed by atoms with E-state index in [9.17, 15) is 0 Å². The molecule has 0 amide bonds. The Kier molecular flexibility index (Phi) is 4.52. The van der Waals surface area contributed by atoms with E-state index in [0.29, 0.717) is 0 Å². The highest BCUT2D eigenvalue weighted by molar-refractivity contribution is 7.98. The van der Waals surface area contributed by atoms with Crippen molar-refractivity contribution in [2.75, 3.05) is 0 Å². The molecule has 0 unspecified atom stereocenters. The molecule has 0 saturated heterocycles. The summed E-state index contributed by atoms with van der Waals surface area (Å²) in [6.45, 7) is 4.09. The Morgan fingerprint density at radius 2 is 1.55 bits per heavy atom. The lowest BCUT2D eigenvalue weighted by molar-refractivity contribution is 0.867. The first-order chi connectivity index (χ1) is 14.2. The van der Waals surface area contributed by atoms with Gasteiger partial charge in [0, 0.05) is 22.2 Å². The van der Waals surface area contributed by atoms with Crippen LogP contribution in [0.15, 0.2) is 78.0 Å². The standard InChI is InChI=1S/C24H20N4S/c1-16-8-7-9-18(14-16)28-17(2)26-27-24(28)29-15-23-21-12-4-3-10-19(21)20-11-5-6-13-22(20)25-23/h3-14H,15H2,1-2H3. The molecule has 0 fully saturated rings.